The molecule has 3 nitrogen and oxygen atoms in total. The van der Waals surface area contributed by atoms with Gasteiger partial charge in [-0.3, -0.25) is 0 Å². The van der Waals surface area contributed by atoms with Gasteiger partial charge >= 0.3 is 0 Å². The summed E-state index contributed by atoms with van der Waals surface area (Å²) in [6.07, 6.45) is 3.98. The van der Waals surface area contributed by atoms with Gasteiger partial charge in [0.2, 0.25) is 0 Å². The molecule has 0 spiro atoms. The topological polar surface area (TPSA) is 28.2 Å². The van der Waals surface area contributed by atoms with Gasteiger partial charge < -0.3 is 10.2 Å². The maximum Gasteiger partial charge on any atom is 0.133 e. The summed E-state index contributed by atoms with van der Waals surface area (Å²) < 4.78 is 0. The Hall–Kier alpha value is -1.09. The van der Waals surface area contributed by atoms with Crippen molar-refractivity contribution in [3.63, 3.8) is 0 Å². The predicted molar refractivity (Wildman–Crippen MR) is 81.7 cm³/mol. The number of hydrogen-bond donors (Lipinski definition) is 1. The van der Waals surface area contributed by atoms with Crippen molar-refractivity contribution >= 4 is 5.82 Å². The van der Waals surface area contributed by atoms with E-state index in [0.717, 1.165) is 12.2 Å². The first-order valence-electron chi connectivity index (χ1n) is 7.42. The number of rotatable bonds is 5. The third kappa shape index (κ3) is 3.27. The average Bonchev–Trinajstić information content (AvgIpc) is 2.24. The van der Waals surface area contributed by atoms with Gasteiger partial charge in [0.1, 0.15) is 5.82 Å². The molecule has 19 heavy (non-hydrogen) atoms. The lowest BCUT2D eigenvalue weighted by Crippen LogP contribution is -2.39. The third-order valence-electron chi connectivity index (χ3n) is 4.10. The fraction of sp³-hybridized carbons (Fsp3) is 0.688. The maximum atomic E-state index is 4.80. The molecule has 0 saturated heterocycles. The molecule has 1 fully saturated rings. The lowest BCUT2D eigenvalue weighted by atomic mass is 9.91. The summed E-state index contributed by atoms with van der Waals surface area (Å²) in [5.74, 6) is 1.18. The second-order valence-electron chi connectivity index (χ2n) is 6.11. The van der Waals surface area contributed by atoms with Gasteiger partial charge in [-0.25, -0.2) is 4.98 Å². The standard InChI is InChI=1S/C16H27N3/c1-11(2)17-10-15-12(3)9-13(4)18-16(15)19(5)14-7-6-8-14/h9,11,14,17H,6-8,10H2,1-5H3. The fourth-order valence-corrected chi connectivity index (χ4v) is 2.61. The van der Waals surface area contributed by atoms with Gasteiger partial charge in [-0.15, -0.1) is 0 Å². The summed E-state index contributed by atoms with van der Waals surface area (Å²) in [5, 5.41) is 3.53. The fourth-order valence-electron chi connectivity index (χ4n) is 2.61. The Bertz CT molecular complexity index is 436. The molecule has 0 atom stereocenters. The van der Waals surface area contributed by atoms with Gasteiger partial charge in [-0.2, -0.15) is 0 Å². The van der Waals surface area contributed by atoms with Crippen LogP contribution in [0.4, 0.5) is 5.82 Å². The van der Waals surface area contributed by atoms with Gasteiger partial charge in [0.25, 0.3) is 0 Å². The van der Waals surface area contributed by atoms with E-state index < -0.39 is 0 Å². The zero-order valence-electron chi connectivity index (χ0n) is 13.0. The minimum Gasteiger partial charge on any atom is -0.356 e. The average molecular weight is 261 g/mol. The zero-order valence-corrected chi connectivity index (χ0v) is 13.0. The molecule has 1 saturated carbocycles. The summed E-state index contributed by atoms with van der Waals surface area (Å²) in [6.45, 7) is 9.57. The Morgan fingerprint density at radius 3 is 2.58 bits per heavy atom. The van der Waals surface area contributed by atoms with Crippen molar-refractivity contribution in [1.82, 2.24) is 10.3 Å². The minimum atomic E-state index is 0.502. The molecule has 1 heterocycles. The minimum absolute atomic E-state index is 0.502. The Labute approximate surface area is 117 Å². The van der Waals surface area contributed by atoms with E-state index in [1.165, 1.54) is 36.2 Å². The van der Waals surface area contributed by atoms with Crippen molar-refractivity contribution in [2.24, 2.45) is 0 Å². The van der Waals surface area contributed by atoms with Gasteiger partial charge in [-0.05, 0) is 44.7 Å². The molecule has 0 aromatic carbocycles. The zero-order chi connectivity index (χ0) is 14.0. The maximum absolute atomic E-state index is 4.80. The first kappa shape index (κ1) is 14.3. The highest BCUT2D eigenvalue weighted by Crippen LogP contribution is 2.30. The summed E-state index contributed by atoms with van der Waals surface area (Å²) >= 11 is 0. The number of anilines is 1. The molecule has 1 N–H and O–H groups in total. The van der Waals surface area contributed by atoms with Crippen LogP contribution in [0.5, 0.6) is 0 Å². The molecule has 3 heteroatoms. The third-order valence-corrected chi connectivity index (χ3v) is 4.10. The van der Waals surface area contributed by atoms with Crippen molar-refractivity contribution in [3.8, 4) is 0 Å². The highest BCUT2D eigenvalue weighted by molar-refractivity contribution is 5.52. The van der Waals surface area contributed by atoms with Crippen LogP contribution in [0.3, 0.4) is 0 Å². The van der Waals surface area contributed by atoms with E-state index in [0.29, 0.717) is 12.1 Å². The Morgan fingerprint density at radius 2 is 2.05 bits per heavy atom. The van der Waals surface area contributed by atoms with E-state index in [1.807, 2.05) is 0 Å². The number of pyridine rings is 1. The van der Waals surface area contributed by atoms with Crippen LogP contribution in [0.25, 0.3) is 0 Å². The highest BCUT2D eigenvalue weighted by atomic mass is 15.2. The van der Waals surface area contributed by atoms with Crippen LogP contribution in [0.2, 0.25) is 0 Å². The molecular weight excluding hydrogens is 234 g/mol. The molecule has 0 aliphatic heterocycles. The van der Waals surface area contributed by atoms with Crippen LogP contribution in [0.15, 0.2) is 6.07 Å². The smallest absolute Gasteiger partial charge is 0.133 e. The Balaban J connectivity index is 2.27. The molecular formula is C16H27N3. The van der Waals surface area contributed by atoms with Crippen LogP contribution in [0.1, 0.15) is 49.9 Å². The summed E-state index contributed by atoms with van der Waals surface area (Å²) in [7, 11) is 2.20. The van der Waals surface area contributed by atoms with E-state index in [2.05, 4.69) is 51.0 Å². The number of aryl methyl sites for hydroxylation is 2. The van der Waals surface area contributed by atoms with Crippen LogP contribution in [-0.4, -0.2) is 24.1 Å². The first-order chi connectivity index (χ1) is 8.99. The Kier molecular flexibility index (Phi) is 4.46. The van der Waals surface area contributed by atoms with E-state index >= 15 is 0 Å². The number of nitrogens with one attached hydrogen (secondary N) is 1. The SMILES string of the molecule is Cc1cc(C)c(CNC(C)C)c(N(C)C2CCC2)n1. The molecule has 1 aliphatic carbocycles. The molecule has 1 aromatic heterocycles. The van der Waals surface area contributed by atoms with Crippen LogP contribution < -0.4 is 10.2 Å². The van der Waals surface area contributed by atoms with E-state index in [-0.39, 0.29) is 0 Å². The summed E-state index contributed by atoms with van der Waals surface area (Å²) in [5.41, 5.74) is 3.82. The van der Waals surface area contributed by atoms with Crippen molar-refractivity contribution in [1.29, 1.82) is 0 Å². The molecule has 0 radical (unpaired) electrons. The van der Waals surface area contributed by atoms with Crippen LogP contribution >= 0.6 is 0 Å². The predicted octanol–water partition coefficient (Wildman–Crippen LogP) is 3.19. The number of aromatic nitrogens is 1. The van der Waals surface area contributed by atoms with Crippen LogP contribution in [-0.2, 0) is 6.54 Å². The quantitative estimate of drug-likeness (QED) is 0.882. The van der Waals surface area contributed by atoms with Gasteiger partial charge in [-0.1, -0.05) is 13.8 Å². The Morgan fingerprint density at radius 1 is 1.37 bits per heavy atom. The lowest BCUT2D eigenvalue weighted by Gasteiger charge is -2.37. The molecule has 0 amide bonds. The van der Waals surface area contributed by atoms with Crippen molar-refractivity contribution in [2.75, 3.05) is 11.9 Å². The summed E-state index contributed by atoms with van der Waals surface area (Å²) in [6, 6.07) is 3.38. The normalized spacial score (nSPS) is 15.7. The molecule has 2 rings (SSSR count). The van der Waals surface area contributed by atoms with Gasteiger partial charge in [0, 0.05) is 36.9 Å². The monoisotopic (exact) mass is 261 g/mol. The van der Waals surface area contributed by atoms with Crippen molar-refractivity contribution in [2.45, 2.75) is 65.6 Å². The van der Waals surface area contributed by atoms with Gasteiger partial charge in [0.15, 0.2) is 0 Å². The second-order valence-corrected chi connectivity index (χ2v) is 6.11. The molecule has 1 aliphatic rings. The number of nitrogens with zero attached hydrogens (tertiary/aromatic N) is 2. The lowest BCUT2D eigenvalue weighted by molar-refractivity contribution is 0.398. The first-order valence-corrected chi connectivity index (χ1v) is 7.42. The van der Waals surface area contributed by atoms with Crippen LogP contribution in [0, 0.1) is 13.8 Å². The highest BCUT2D eigenvalue weighted by Gasteiger charge is 2.25. The largest absolute Gasteiger partial charge is 0.356 e. The molecule has 1 aromatic rings. The molecule has 106 valence electrons. The number of hydrogen-bond acceptors (Lipinski definition) is 3. The van der Waals surface area contributed by atoms with E-state index in [4.69, 9.17) is 4.98 Å². The van der Waals surface area contributed by atoms with E-state index in [1.54, 1.807) is 0 Å². The second kappa shape index (κ2) is 5.91. The van der Waals surface area contributed by atoms with Crippen molar-refractivity contribution in [3.05, 3.63) is 22.9 Å². The molecule has 0 unspecified atom stereocenters. The van der Waals surface area contributed by atoms with Gasteiger partial charge in [0.05, 0.1) is 0 Å². The van der Waals surface area contributed by atoms with Crippen molar-refractivity contribution < 1.29 is 0 Å². The summed E-state index contributed by atoms with van der Waals surface area (Å²) in [4.78, 5) is 7.19. The van der Waals surface area contributed by atoms with E-state index in [9.17, 15) is 0 Å². The molecule has 0 bridgehead atoms.